The second-order valence-corrected chi connectivity index (χ2v) is 2.89. The molecule has 2 nitrogen and oxygen atoms in total. The molecule has 0 saturated carbocycles. The van der Waals surface area contributed by atoms with Crippen LogP contribution in [-0.2, 0) is 9.53 Å². The summed E-state index contributed by atoms with van der Waals surface area (Å²) in [6, 6.07) is 8.45. The summed E-state index contributed by atoms with van der Waals surface area (Å²) in [7, 11) is 1.31. The zero-order chi connectivity index (χ0) is 11.0. The van der Waals surface area contributed by atoms with Gasteiger partial charge in [-0.1, -0.05) is 42.0 Å². The number of carbonyl (C=O) groups is 1. The van der Waals surface area contributed by atoms with Gasteiger partial charge in [0.1, 0.15) is 0 Å². The smallest absolute Gasteiger partial charge is 0.329 e. The SMILES string of the molecule is C=CC(=O)OC.Cc1cccc(C)c1. The third-order valence-corrected chi connectivity index (χ3v) is 1.54. The molecule has 2 heteroatoms. The van der Waals surface area contributed by atoms with Crippen LogP contribution in [0.5, 0.6) is 0 Å². The van der Waals surface area contributed by atoms with Gasteiger partial charge in [0.05, 0.1) is 7.11 Å². The van der Waals surface area contributed by atoms with Gasteiger partial charge < -0.3 is 4.74 Å². The molecule has 0 unspecified atom stereocenters. The fraction of sp³-hybridized carbons (Fsp3) is 0.250. The molecule has 0 aromatic heterocycles. The maximum absolute atomic E-state index is 9.84. The van der Waals surface area contributed by atoms with Gasteiger partial charge in [0.2, 0.25) is 0 Å². The fourth-order valence-corrected chi connectivity index (χ4v) is 0.890. The highest BCUT2D eigenvalue weighted by molar-refractivity contribution is 5.80. The molecule has 14 heavy (non-hydrogen) atoms. The molecule has 0 spiro atoms. The van der Waals surface area contributed by atoms with Gasteiger partial charge in [0.15, 0.2) is 0 Å². The van der Waals surface area contributed by atoms with Crippen LogP contribution in [0.15, 0.2) is 36.9 Å². The second-order valence-electron chi connectivity index (χ2n) is 2.89. The monoisotopic (exact) mass is 192 g/mol. The van der Waals surface area contributed by atoms with Crippen molar-refractivity contribution < 1.29 is 9.53 Å². The average molecular weight is 192 g/mol. The highest BCUT2D eigenvalue weighted by Gasteiger charge is 1.82. The fourth-order valence-electron chi connectivity index (χ4n) is 0.890. The highest BCUT2D eigenvalue weighted by atomic mass is 16.5. The summed E-state index contributed by atoms with van der Waals surface area (Å²) in [6.45, 7) is 7.37. The van der Waals surface area contributed by atoms with Crippen LogP contribution in [0.4, 0.5) is 0 Å². The van der Waals surface area contributed by atoms with Crippen molar-refractivity contribution in [2.45, 2.75) is 13.8 Å². The zero-order valence-corrected chi connectivity index (χ0v) is 8.91. The lowest BCUT2D eigenvalue weighted by atomic mass is 10.2. The first-order valence-corrected chi connectivity index (χ1v) is 4.33. The molecule has 0 aliphatic carbocycles. The second kappa shape index (κ2) is 6.89. The molecule has 0 aliphatic heterocycles. The average Bonchev–Trinajstić information content (AvgIpc) is 2.17. The number of ether oxygens (including phenoxy) is 1. The van der Waals surface area contributed by atoms with Gasteiger partial charge in [0.25, 0.3) is 0 Å². The topological polar surface area (TPSA) is 26.3 Å². The number of hydrogen-bond acceptors (Lipinski definition) is 2. The van der Waals surface area contributed by atoms with Gasteiger partial charge in [-0.25, -0.2) is 4.79 Å². The lowest BCUT2D eigenvalue weighted by Gasteiger charge is -1.90. The third-order valence-electron chi connectivity index (χ3n) is 1.54. The largest absolute Gasteiger partial charge is 0.466 e. The molecule has 1 rings (SSSR count). The predicted octanol–water partition coefficient (Wildman–Crippen LogP) is 2.65. The Bertz CT molecular complexity index is 286. The molecule has 0 fully saturated rings. The molecule has 1 aromatic rings. The van der Waals surface area contributed by atoms with Crippen LogP contribution < -0.4 is 0 Å². The van der Waals surface area contributed by atoms with E-state index in [-0.39, 0.29) is 0 Å². The molecule has 76 valence electrons. The first kappa shape index (κ1) is 12.4. The molecule has 0 radical (unpaired) electrons. The van der Waals surface area contributed by atoms with Crippen molar-refractivity contribution in [3.05, 3.63) is 48.0 Å². The van der Waals surface area contributed by atoms with Gasteiger partial charge in [-0.2, -0.15) is 0 Å². The summed E-state index contributed by atoms with van der Waals surface area (Å²) >= 11 is 0. The number of rotatable bonds is 1. The Morgan fingerprint density at radius 3 is 2.00 bits per heavy atom. The number of benzene rings is 1. The molecule has 1 aromatic carbocycles. The number of esters is 1. The van der Waals surface area contributed by atoms with Crippen LogP contribution in [0.2, 0.25) is 0 Å². The molecule has 0 bridgehead atoms. The molecule has 0 amide bonds. The van der Waals surface area contributed by atoms with E-state index in [1.165, 1.54) is 18.2 Å². The zero-order valence-electron chi connectivity index (χ0n) is 8.91. The summed E-state index contributed by atoms with van der Waals surface area (Å²) in [5.41, 5.74) is 2.68. The predicted molar refractivity (Wildman–Crippen MR) is 58.1 cm³/mol. The Balaban J connectivity index is 0.000000255. The van der Waals surface area contributed by atoms with E-state index in [0.29, 0.717) is 0 Å². The lowest BCUT2D eigenvalue weighted by molar-refractivity contribution is -0.134. The van der Waals surface area contributed by atoms with E-state index in [1.807, 2.05) is 0 Å². The molecular weight excluding hydrogens is 176 g/mol. The maximum Gasteiger partial charge on any atom is 0.329 e. The Hall–Kier alpha value is -1.57. The van der Waals surface area contributed by atoms with Crippen molar-refractivity contribution >= 4 is 5.97 Å². The summed E-state index contributed by atoms with van der Waals surface area (Å²) in [6.07, 6.45) is 1.11. The van der Waals surface area contributed by atoms with Crippen LogP contribution in [0.1, 0.15) is 11.1 Å². The van der Waals surface area contributed by atoms with Crippen molar-refractivity contribution in [1.29, 1.82) is 0 Å². The summed E-state index contributed by atoms with van der Waals surface area (Å²) in [5.74, 6) is -0.394. The van der Waals surface area contributed by atoms with Gasteiger partial charge in [0, 0.05) is 6.08 Å². The normalized spacial score (nSPS) is 8.21. The minimum absolute atomic E-state index is 0.394. The Morgan fingerprint density at radius 2 is 1.86 bits per heavy atom. The summed E-state index contributed by atoms with van der Waals surface area (Å²) in [4.78, 5) is 9.84. The van der Waals surface area contributed by atoms with E-state index >= 15 is 0 Å². The van der Waals surface area contributed by atoms with Crippen LogP contribution in [-0.4, -0.2) is 13.1 Å². The molecule has 0 atom stereocenters. The van der Waals surface area contributed by atoms with Crippen LogP contribution in [0, 0.1) is 13.8 Å². The Kier molecular flexibility index (Phi) is 6.12. The Morgan fingerprint density at radius 1 is 1.36 bits per heavy atom. The quantitative estimate of drug-likeness (QED) is 0.505. The number of carbonyl (C=O) groups excluding carboxylic acids is 1. The maximum atomic E-state index is 9.84. The summed E-state index contributed by atoms with van der Waals surface area (Å²) < 4.78 is 4.14. The highest BCUT2D eigenvalue weighted by Crippen LogP contribution is 2.00. The van der Waals surface area contributed by atoms with Crippen LogP contribution in [0.25, 0.3) is 0 Å². The van der Waals surface area contributed by atoms with Gasteiger partial charge in [-0.05, 0) is 13.8 Å². The standard InChI is InChI=1S/C8H10.C4H6O2/c1-7-4-3-5-8(2)6-7;1-3-4(5)6-2/h3-6H,1-2H3;3H,1H2,2H3. The summed E-state index contributed by atoms with van der Waals surface area (Å²) in [5, 5.41) is 0. The van der Waals surface area contributed by atoms with Crippen molar-refractivity contribution in [3.8, 4) is 0 Å². The van der Waals surface area contributed by atoms with E-state index in [0.717, 1.165) is 6.08 Å². The van der Waals surface area contributed by atoms with E-state index in [9.17, 15) is 4.79 Å². The first-order valence-electron chi connectivity index (χ1n) is 4.33. The molecular formula is C12H16O2. The van der Waals surface area contributed by atoms with Crippen LogP contribution in [0.3, 0.4) is 0 Å². The first-order chi connectivity index (χ1) is 6.60. The van der Waals surface area contributed by atoms with Crippen molar-refractivity contribution in [2.24, 2.45) is 0 Å². The molecule has 0 heterocycles. The molecule has 0 saturated heterocycles. The van der Waals surface area contributed by atoms with Crippen molar-refractivity contribution in [1.82, 2.24) is 0 Å². The third kappa shape index (κ3) is 6.00. The number of methoxy groups -OCH3 is 1. The molecule has 0 N–H and O–H groups in total. The van der Waals surface area contributed by atoms with Crippen molar-refractivity contribution in [2.75, 3.05) is 7.11 Å². The van der Waals surface area contributed by atoms with Gasteiger partial charge in [-0.15, -0.1) is 0 Å². The lowest BCUT2D eigenvalue weighted by Crippen LogP contribution is -1.91. The van der Waals surface area contributed by atoms with E-state index in [4.69, 9.17) is 0 Å². The van der Waals surface area contributed by atoms with E-state index < -0.39 is 5.97 Å². The van der Waals surface area contributed by atoms with E-state index in [1.54, 1.807) is 0 Å². The number of aryl methyl sites for hydroxylation is 2. The number of hydrogen-bond donors (Lipinski definition) is 0. The minimum atomic E-state index is -0.394. The van der Waals surface area contributed by atoms with Crippen LogP contribution >= 0.6 is 0 Å². The molecule has 0 aliphatic rings. The van der Waals surface area contributed by atoms with Crippen molar-refractivity contribution in [3.63, 3.8) is 0 Å². The van der Waals surface area contributed by atoms with Gasteiger partial charge >= 0.3 is 5.97 Å². The van der Waals surface area contributed by atoms with E-state index in [2.05, 4.69) is 49.4 Å². The minimum Gasteiger partial charge on any atom is -0.466 e. The van der Waals surface area contributed by atoms with Gasteiger partial charge in [-0.3, -0.25) is 0 Å². The Labute approximate surface area is 85.2 Å².